The molecule has 0 aliphatic rings. The molecule has 2 aromatic rings. The van der Waals surface area contributed by atoms with Gasteiger partial charge < -0.3 is 0 Å². The smallest absolute Gasteiger partial charge is 0.0845 e. The maximum absolute atomic E-state index is 4.95. The maximum Gasteiger partial charge on any atom is 0.0845 e. The van der Waals surface area contributed by atoms with E-state index in [0.29, 0.717) is 0 Å². The van der Waals surface area contributed by atoms with Gasteiger partial charge in [0.25, 0.3) is 0 Å². The summed E-state index contributed by atoms with van der Waals surface area (Å²) in [4.78, 5) is 9.83. The zero-order valence-corrected chi connectivity index (χ0v) is 21.8. The summed E-state index contributed by atoms with van der Waals surface area (Å²) < 4.78 is 0. The van der Waals surface area contributed by atoms with E-state index >= 15 is 0 Å². The van der Waals surface area contributed by atoms with E-state index in [1.54, 1.807) is 0 Å². The van der Waals surface area contributed by atoms with Gasteiger partial charge in [-0.15, -0.1) is 0 Å². The molecule has 176 valence electrons. The van der Waals surface area contributed by atoms with Crippen LogP contribution in [0.15, 0.2) is 58.5 Å². The summed E-state index contributed by atoms with van der Waals surface area (Å²) in [5, 5.41) is 0. The van der Waals surface area contributed by atoms with Crippen LogP contribution in [0.2, 0.25) is 0 Å². The van der Waals surface area contributed by atoms with Crippen molar-refractivity contribution in [1.82, 2.24) is 0 Å². The predicted octanol–water partition coefficient (Wildman–Crippen LogP) is 9.09. The quantitative estimate of drug-likeness (QED) is 0.176. The number of rotatable bonds is 11. The van der Waals surface area contributed by atoms with Crippen molar-refractivity contribution in [1.29, 1.82) is 0 Å². The van der Waals surface area contributed by atoms with Gasteiger partial charge in [0.1, 0.15) is 0 Å². The summed E-state index contributed by atoms with van der Waals surface area (Å²) in [5.74, 6) is 0. The van der Waals surface area contributed by atoms with Crippen LogP contribution in [-0.2, 0) is 16.5 Å². The molecular formula is C29H40N2Ni. The molecule has 0 unspecified atom stereocenters. The van der Waals surface area contributed by atoms with E-state index in [-0.39, 0.29) is 16.5 Å². The van der Waals surface area contributed by atoms with E-state index in [9.17, 15) is 0 Å². The molecule has 0 radical (unpaired) electrons. The first-order valence-corrected chi connectivity index (χ1v) is 11.9. The molecule has 0 aromatic heterocycles. The van der Waals surface area contributed by atoms with Crippen molar-refractivity contribution in [3.05, 3.63) is 70.8 Å². The fourth-order valence-electron chi connectivity index (χ4n) is 3.46. The number of nitrogens with zero attached hydrogens (tertiary/aromatic N) is 2. The fourth-order valence-corrected chi connectivity index (χ4v) is 3.46. The number of aryl methyl sites for hydroxylation is 4. The minimum Gasteiger partial charge on any atom is -0.252 e. The molecule has 32 heavy (non-hydrogen) atoms. The maximum atomic E-state index is 4.95. The molecule has 0 saturated carbocycles. The largest absolute Gasteiger partial charge is 0.252 e. The van der Waals surface area contributed by atoms with Crippen molar-refractivity contribution < 1.29 is 16.5 Å². The Balaban J connectivity index is 0.00000512. The average molecular weight is 475 g/mol. The molecule has 2 nitrogen and oxygen atoms in total. The van der Waals surface area contributed by atoms with Crippen LogP contribution >= 0.6 is 0 Å². The molecule has 0 heterocycles. The summed E-state index contributed by atoms with van der Waals surface area (Å²) in [6.45, 7) is 12.9. The van der Waals surface area contributed by atoms with Crippen LogP contribution in [0.4, 0.5) is 11.4 Å². The molecule has 0 fully saturated rings. The van der Waals surface area contributed by atoms with Crippen molar-refractivity contribution in [3.8, 4) is 0 Å². The zero-order chi connectivity index (χ0) is 22.6. The van der Waals surface area contributed by atoms with Crippen LogP contribution in [0.25, 0.3) is 0 Å². The number of hydrogen-bond acceptors (Lipinski definition) is 2. The Morgan fingerprint density at radius 1 is 0.719 bits per heavy atom. The second-order valence-corrected chi connectivity index (χ2v) is 8.69. The molecular weight excluding hydrogens is 435 g/mol. The van der Waals surface area contributed by atoms with Crippen molar-refractivity contribution in [2.45, 2.75) is 86.5 Å². The molecule has 0 amide bonds. The summed E-state index contributed by atoms with van der Waals surface area (Å²) in [6.07, 6.45) is 13.4. The molecule has 0 bridgehead atoms. The Morgan fingerprint density at radius 3 is 1.81 bits per heavy atom. The number of aliphatic imine (C=N–C) groups is 2. The van der Waals surface area contributed by atoms with Gasteiger partial charge in [0, 0.05) is 16.5 Å². The van der Waals surface area contributed by atoms with Gasteiger partial charge in [-0.05, 0) is 100 Å². The molecule has 3 heteroatoms. The minimum absolute atomic E-state index is 0. The van der Waals surface area contributed by atoms with Crippen molar-refractivity contribution in [2.24, 2.45) is 9.98 Å². The molecule has 0 aliphatic carbocycles. The number of hydrogen-bond donors (Lipinski definition) is 0. The van der Waals surface area contributed by atoms with Gasteiger partial charge >= 0.3 is 0 Å². The first-order valence-electron chi connectivity index (χ1n) is 11.9. The molecule has 0 spiro atoms. The van der Waals surface area contributed by atoms with Crippen LogP contribution in [0.5, 0.6) is 0 Å². The van der Waals surface area contributed by atoms with Crippen LogP contribution < -0.4 is 0 Å². The molecule has 0 saturated heterocycles. The third kappa shape index (κ3) is 9.66. The first kappa shape index (κ1) is 28.0. The van der Waals surface area contributed by atoms with Crippen molar-refractivity contribution in [3.63, 3.8) is 0 Å². The topological polar surface area (TPSA) is 24.7 Å². The molecule has 2 rings (SSSR count). The summed E-state index contributed by atoms with van der Waals surface area (Å²) >= 11 is 0. The molecule has 0 atom stereocenters. The second-order valence-electron chi connectivity index (χ2n) is 8.69. The van der Waals surface area contributed by atoms with E-state index in [4.69, 9.17) is 9.98 Å². The number of unbranched alkanes of at least 4 members (excludes halogenated alkanes) is 6. The van der Waals surface area contributed by atoms with E-state index in [0.717, 1.165) is 29.2 Å². The van der Waals surface area contributed by atoms with Crippen LogP contribution in [0.1, 0.15) is 81.0 Å². The van der Waals surface area contributed by atoms with Crippen LogP contribution in [0, 0.1) is 27.7 Å². The normalized spacial score (nSPS) is 12.3. The van der Waals surface area contributed by atoms with Crippen molar-refractivity contribution >= 4 is 22.8 Å². The van der Waals surface area contributed by atoms with E-state index in [1.807, 2.05) is 0 Å². The van der Waals surface area contributed by atoms with Gasteiger partial charge in [0.15, 0.2) is 0 Å². The Kier molecular flexibility index (Phi) is 13.1. The van der Waals surface area contributed by atoms with E-state index in [1.165, 1.54) is 60.8 Å². The third-order valence-electron chi connectivity index (χ3n) is 5.90. The zero-order valence-electron chi connectivity index (χ0n) is 20.8. The minimum atomic E-state index is 0. The van der Waals surface area contributed by atoms with Crippen LogP contribution in [0.3, 0.4) is 0 Å². The summed E-state index contributed by atoms with van der Waals surface area (Å²) in [6, 6.07) is 12.7. The fraction of sp³-hybridized carbons (Fsp3) is 0.448. The molecule has 0 N–H and O–H groups in total. The van der Waals surface area contributed by atoms with Gasteiger partial charge in [-0.3, -0.25) is 4.99 Å². The molecule has 2 aromatic carbocycles. The Bertz CT molecular complexity index is 938. The van der Waals surface area contributed by atoms with E-state index in [2.05, 4.69) is 90.1 Å². The first-order chi connectivity index (χ1) is 14.9. The standard InChI is InChI=1S/C29H40N2.Ni/c1-7-8-9-10-11-12-13-14-15-29(31-28-19-17-23(3)25(5)21-28)26(6)30-27-18-16-22(2)24(4)20-27;/h14-21H,7-13H2,1-6H3;/b15-14+,30-26?,31-29?;. The third-order valence-corrected chi connectivity index (χ3v) is 5.90. The van der Waals surface area contributed by atoms with Gasteiger partial charge in [0.05, 0.1) is 22.8 Å². The monoisotopic (exact) mass is 474 g/mol. The SMILES string of the molecule is CCCCCCCC/C=C/C(=Nc1ccc(C)c(C)c1)C(C)=Nc1ccc(C)c(C)c1.[Ni]. The van der Waals surface area contributed by atoms with Gasteiger partial charge in [-0.1, -0.05) is 57.2 Å². The Morgan fingerprint density at radius 2 is 1.25 bits per heavy atom. The number of benzene rings is 2. The molecule has 0 aliphatic heterocycles. The summed E-state index contributed by atoms with van der Waals surface area (Å²) in [5.41, 5.74) is 8.96. The average Bonchev–Trinajstić information content (AvgIpc) is 2.74. The van der Waals surface area contributed by atoms with Gasteiger partial charge in [-0.25, -0.2) is 4.99 Å². The summed E-state index contributed by atoms with van der Waals surface area (Å²) in [7, 11) is 0. The Labute approximate surface area is 206 Å². The van der Waals surface area contributed by atoms with Gasteiger partial charge in [-0.2, -0.15) is 0 Å². The second kappa shape index (κ2) is 15.0. The Hall–Kier alpha value is -1.99. The van der Waals surface area contributed by atoms with Crippen LogP contribution in [-0.4, -0.2) is 11.4 Å². The number of allylic oxidation sites excluding steroid dienone is 2. The van der Waals surface area contributed by atoms with Crippen molar-refractivity contribution in [2.75, 3.05) is 0 Å². The predicted molar refractivity (Wildman–Crippen MR) is 139 cm³/mol. The van der Waals surface area contributed by atoms with Gasteiger partial charge in [0.2, 0.25) is 0 Å². The van der Waals surface area contributed by atoms with E-state index < -0.39 is 0 Å².